The summed E-state index contributed by atoms with van der Waals surface area (Å²) in [6, 6.07) is 6.63. The molecule has 1 aliphatic heterocycles. The quantitative estimate of drug-likeness (QED) is 0.861. The summed E-state index contributed by atoms with van der Waals surface area (Å²) in [5.41, 5.74) is 1.52. The van der Waals surface area contributed by atoms with E-state index in [4.69, 9.17) is 10.2 Å². The zero-order valence-corrected chi connectivity index (χ0v) is 10.1. The van der Waals surface area contributed by atoms with Gasteiger partial charge in [-0.05, 0) is 23.8 Å². The normalized spacial score (nSPS) is 14.1. The third kappa shape index (κ3) is 3.22. The Balaban J connectivity index is 1.98. The molecular formula is C14H13NO4. The first-order valence-electron chi connectivity index (χ1n) is 5.74. The van der Waals surface area contributed by atoms with Crippen LogP contribution < -0.4 is 0 Å². The lowest BCUT2D eigenvalue weighted by Crippen LogP contribution is -2.20. The molecule has 98 valence electrons. The van der Waals surface area contributed by atoms with Gasteiger partial charge in [-0.25, -0.2) is 9.59 Å². The molecule has 0 saturated heterocycles. The van der Waals surface area contributed by atoms with E-state index in [0.29, 0.717) is 13.1 Å². The SMILES string of the molecule is O=C(O)C1=CCN(Cc2ccc(C(=O)O)cc2)C=C1. The highest BCUT2D eigenvalue weighted by molar-refractivity contribution is 5.90. The zero-order valence-electron chi connectivity index (χ0n) is 10.1. The molecule has 0 aromatic heterocycles. The van der Waals surface area contributed by atoms with Crippen LogP contribution in [0, 0.1) is 0 Å². The van der Waals surface area contributed by atoms with Crippen LogP contribution in [0.3, 0.4) is 0 Å². The Labute approximate surface area is 110 Å². The molecule has 0 spiro atoms. The van der Waals surface area contributed by atoms with Crippen molar-refractivity contribution in [3.05, 3.63) is 59.3 Å². The maximum absolute atomic E-state index is 10.7. The largest absolute Gasteiger partial charge is 0.478 e. The van der Waals surface area contributed by atoms with E-state index in [1.165, 1.54) is 0 Å². The Kier molecular flexibility index (Phi) is 3.66. The van der Waals surface area contributed by atoms with Gasteiger partial charge < -0.3 is 15.1 Å². The van der Waals surface area contributed by atoms with Crippen LogP contribution in [0.15, 0.2) is 48.2 Å². The fraction of sp³-hybridized carbons (Fsp3) is 0.143. The van der Waals surface area contributed by atoms with Crippen LogP contribution in [0.4, 0.5) is 0 Å². The molecule has 0 unspecified atom stereocenters. The summed E-state index contributed by atoms with van der Waals surface area (Å²) < 4.78 is 0. The lowest BCUT2D eigenvalue weighted by Gasteiger charge is -2.21. The third-order valence-electron chi connectivity index (χ3n) is 2.84. The zero-order chi connectivity index (χ0) is 13.8. The standard InChI is InChI=1S/C14H13NO4/c16-13(17)11-3-1-10(2-4-11)9-15-7-5-12(6-8-15)14(18)19/h1-7H,8-9H2,(H,16,17)(H,18,19). The highest BCUT2D eigenvalue weighted by Gasteiger charge is 2.10. The molecule has 0 saturated carbocycles. The van der Waals surface area contributed by atoms with Gasteiger partial charge in [0.05, 0.1) is 11.1 Å². The van der Waals surface area contributed by atoms with E-state index in [1.807, 2.05) is 4.90 Å². The van der Waals surface area contributed by atoms with Crippen LogP contribution >= 0.6 is 0 Å². The van der Waals surface area contributed by atoms with Crippen molar-refractivity contribution in [3.63, 3.8) is 0 Å². The topological polar surface area (TPSA) is 77.8 Å². The summed E-state index contributed by atoms with van der Waals surface area (Å²) in [7, 11) is 0. The second-order valence-electron chi connectivity index (χ2n) is 4.21. The minimum atomic E-state index is -0.946. The molecule has 0 fully saturated rings. The highest BCUT2D eigenvalue weighted by Crippen LogP contribution is 2.12. The maximum atomic E-state index is 10.7. The number of benzene rings is 1. The van der Waals surface area contributed by atoms with E-state index in [9.17, 15) is 9.59 Å². The molecular weight excluding hydrogens is 246 g/mol. The van der Waals surface area contributed by atoms with Gasteiger partial charge in [-0.2, -0.15) is 0 Å². The van der Waals surface area contributed by atoms with E-state index < -0.39 is 11.9 Å². The van der Waals surface area contributed by atoms with Crippen molar-refractivity contribution in [1.82, 2.24) is 4.90 Å². The summed E-state index contributed by atoms with van der Waals surface area (Å²) in [4.78, 5) is 23.4. The lowest BCUT2D eigenvalue weighted by molar-refractivity contribution is -0.132. The summed E-state index contributed by atoms with van der Waals surface area (Å²) in [6.45, 7) is 1.14. The molecule has 0 bridgehead atoms. The van der Waals surface area contributed by atoms with E-state index in [2.05, 4.69) is 0 Å². The Morgan fingerprint density at radius 2 is 1.79 bits per heavy atom. The molecule has 0 aliphatic carbocycles. The molecule has 1 aliphatic rings. The summed E-state index contributed by atoms with van der Waals surface area (Å²) in [5.74, 6) is -1.87. The van der Waals surface area contributed by atoms with E-state index >= 15 is 0 Å². The number of aliphatic carboxylic acids is 1. The van der Waals surface area contributed by atoms with Crippen LogP contribution in [-0.2, 0) is 11.3 Å². The van der Waals surface area contributed by atoms with Crippen LogP contribution in [0.25, 0.3) is 0 Å². The highest BCUT2D eigenvalue weighted by atomic mass is 16.4. The number of hydrogen-bond donors (Lipinski definition) is 2. The number of hydrogen-bond acceptors (Lipinski definition) is 3. The molecule has 0 atom stereocenters. The van der Waals surface area contributed by atoms with Crippen LogP contribution in [-0.4, -0.2) is 33.6 Å². The van der Waals surface area contributed by atoms with Crippen molar-refractivity contribution in [3.8, 4) is 0 Å². The molecule has 5 heteroatoms. The first-order valence-corrected chi connectivity index (χ1v) is 5.74. The lowest BCUT2D eigenvalue weighted by atomic mass is 10.1. The Morgan fingerprint density at radius 1 is 1.11 bits per heavy atom. The van der Waals surface area contributed by atoms with Gasteiger partial charge in [0, 0.05) is 19.3 Å². The van der Waals surface area contributed by atoms with Crippen molar-refractivity contribution in [2.24, 2.45) is 0 Å². The van der Waals surface area contributed by atoms with Crippen LogP contribution in [0.1, 0.15) is 15.9 Å². The van der Waals surface area contributed by atoms with Crippen molar-refractivity contribution in [2.75, 3.05) is 6.54 Å². The smallest absolute Gasteiger partial charge is 0.335 e. The number of carboxylic acids is 2. The first kappa shape index (κ1) is 12.9. The van der Waals surface area contributed by atoms with Gasteiger partial charge in [0.1, 0.15) is 0 Å². The van der Waals surface area contributed by atoms with E-state index in [0.717, 1.165) is 5.56 Å². The minimum Gasteiger partial charge on any atom is -0.478 e. The van der Waals surface area contributed by atoms with Gasteiger partial charge in [0.15, 0.2) is 0 Å². The Hall–Kier alpha value is -2.56. The summed E-state index contributed by atoms with van der Waals surface area (Å²) in [5, 5.41) is 17.6. The summed E-state index contributed by atoms with van der Waals surface area (Å²) in [6.07, 6.45) is 4.93. The fourth-order valence-electron chi connectivity index (χ4n) is 1.79. The van der Waals surface area contributed by atoms with Crippen molar-refractivity contribution in [1.29, 1.82) is 0 Å². The van der Waals surface area contributed by atoms with Crippen molar-refractivity contribution < 1.29 is 19.8 Å². The number of carboxylic acid groups (broad SMARTS) is 2. The predicted octanol–water partition coefficient (Wildman–Crippen LogP) is 1.73. The fourth-order valence-corrected chi connectivity index (χ4v) is 1.79. The first-order chi connectivity index (χ1) is 9.06. The van der Waals surface area contributed by atoms with Gasteiger partial charge in [0.2, 0.25) is 0 Å². The molecule has 19 heavy (non-hydrogen) atoms. The average Bonchev–Trinajstić information content (AvgIpc) is 2.40. The van der Waals surface area contributed by atoms with E-state index in [-0.39, 0.29) is 11.1 Å². The average molecular weight is 259 g/mol. The monoisotopic (exact) mass is 259 g/mol. The molecule has 2 N–H and O–H groups in total. The third-order valence-corrected chi connectivity index (χ3v) is 2.84. The molecule has 0 radical (unpaired) electrons. The number of aromatic carboxylic acids is 1. The van der Waals surface area contributed by atoms with Crippen LogP contribution in [0.2, 0.25) is 0 Å². The summed E-state index contributed by atoms with van der Waals surface area (Å²) >= 11 is 0. The van der Waals surface area contributed by atoms with Crippen molar-refractivity contribution >= 4 is 11.9 Å². The molecule has 0 amide bonds. The Morgan fingerprint density at radius 3 is 2.26 bits per heavy atom. The van der Waals surface area contributed by atoms with Crippen molar-refractivity contribution in [2.45, 2.75) is 6.54 Å². The van der Waals surface area contributed by atoms with Gasteiger partial charge in [-0.1, -0.05) is 18.2 Å². The number of rotatable bonds is 4. The van der Waals surface area contributed by atoms with Gasteiger partial charge in [-0.3, -0.25) is 0 Å². The van der Waals surface area contributed by atoms with E-state index in [1.54, 1.807) is 42.6 Å². The van der Waals surface area contributed by atoms with Gasteiger partial charge in [0.25, 0.3) is 0 Å². The minimum absolute atomic E-state index is 0.256. The predicted molar refractivity (Wildman–Crippen MR) is 68.7 cm³/mol. The van der Waals surface area contributed by atoms with Gasteiger partial charge >= 0.3 is 11.9 Å². The number of nitrogens with zero attached hydrogens (tertiary/aromatic N) is 1. The second kappa shape index (κ2) is 5.39. The molecule has 5 nitrogen and oxygen atoms in total. The maximum Gasteiger partial charge on any atom is 0.335 e. The molecule has 1 aromatic rings. The van der Waals surface area contributed by atoms with Gasteiger partial charge in [-0.15, -0.1) is 0 Å². The molecule has 1 aromatic carbocycles. The number of carbonyl (C=O) groups is 2. The molecule has 2 rings (SSSR count). The molecule has 1 heterocycles. The van der Waals surface area contributed by atoms with Crippen LogP contribution in [0.5, 0.6) is 0 Å². The Bertz CT molecular complexity index is 557. The second-order valence-corrected chi connectivity index (χ2v) is 4.21.